The van der Waals surface area contributed by atoms with Gasteiger partial charge in [-0.2, -0.15) is 0 Å². The van der Waals surface area contributed by atoms with E-state index in [2.05, 4.69) is 44.2 Å². The van der Waals surface area contributed by atoms with Gasteiger partial charge in [-0.3, -0.25) is 0 Å². The highest BCUT2D eigenvalue weighted by Crippen LogP contribution is 2.37. The van der Waals surface area contributed by atoms with Crippen LogP contribution in [0.2, 0.25) is 0 Å². The summed E-state index contributed by atoms with van der Waals surface area (Å²) in [5, 5.41) is 21.5. The molecule has 2 unspecified atom stereocenters. The molecule has 30 heavy (non-hydrogen) atoms. The van der Waals surface area contributed by atoms with Crippen LogP contribution in [0.5, 0.6) is 5.75 Å². The Balaban J connectivity index is 1.95. The van der Waals surface area contributed by atoms with E-state index in [4.69, 9.17) is 0 Å². The summed E-state index contributed by atoms with van der Waals surface area (Å²) in [5.74, 6) is -1.10. The van der Waals surface area contributed by atoms with Gasteiger partial charge in [0.2, 0.25) is 0 Å². The summed E-state index contributed by atoms with van der Waals surface area (Å²) in [6.45, 7) is 4.30. The van der Waals surface area contributed by atoms with Crippen molar-refractivity contribution >= 4 is 16.7 Å². The summed E-state index contributed by atoms with van der Waals surface area (Å²) in [7, 11) is 0. The molecule has 0 fully saturated rings. The number of carboxylic acids is 1. The molecule has 0 bridgehead atoms. The number of aromatic hydroxyl groups is 1. The summed E-state index contributed by atoms with van der Waals surface area (Å²) in [6, 6.07) is 27.9. The van der Waals surface area contributed by atoms with Gasteiger partial charge in [-0.1, -0.05) is 86.6 Å². The highest BCUT2D eigenvalue weighted by atomic mass is 16.4. The van der Waals surface area contributed by atoms with Crippen LogP contribution in [-0.2, 0) is 0 Å². The Morgan fingerprint density at radius 2 is 1.30 bits per heavy atom. The maximum atomic E-state index is 11.6. The van der Waals surface area contributed by atoms with Gasteiger partial charge < -0.3 is 10.2 Å². The molecule has 0 aliphatic carbocycles. The topological polar surface area (TPSA) is 57.5 Å². The Kier molecular flexibility index (Phi) is 5.28. The number of fused-ring (bicyclic) bond motifs is 1. The van der Waals surface area contributed by atoms with E-state index in [9.17, 15) is 15.0 Å². The van der Waals surface area contributed by atoms with Crippen molar-refractivity contribution in [3.8, 4) is 5.75 Å². The molecule has 150 valence electrons. The van der Waals surface area contributed by atoms with Crippen LogP contribution in [0.4, 0.5) is 0 Å². The first kappa shape index (κ1) is 19.7. The second-order valence-corrected chi connectivity index (χ2v) is 7.77. The number of hydrogen-bond acceptors (Lipinski definition) is 2. The summed E-state index contributed by atoms with van der Waals surface area (Å²) >= 11 is 0. The summed E-state index contributed by atoms with van der Waals surface area (Å²) in [4.78, 5) is 11.6. The smallest absolute Gasteiger partial charge is 0.339 e. The summed E-state index contributed by atoms with van der Waals surface area (Å²) in [6.07, 6.45) is 0. The van der Waals surface area contributed by atoms with Gasteiger partial charge in [0.25, 0.3) is 0 Å². The van der Waals surface area contributed by atoms with Gasteiger partial charge in [-0.25, -0.2) is 4.79 Å². The molecular formula is C27H24O3. The van der Waals surface area contributed by atoms with E-state index in [0.717, 1.165) is 21.9 Å². The molecule has 3 heteroatoms. The van der Waals surface area contributed by atoms with Crippen molar-refractivity contribution in [3.63, 3.8) is 0 Å². The SMILES string of the molecule is CC(c1ccccc1)c1cc(C(C)c2ccccc2)c2cc(O)c(C(=O)O)cc2c1. The molecule has 2 atom stereocenters. The number of carboxylic acid groups (broad SMARTS) is 1. The molecule has 4 aromatic carbocycles. The van der Waals surface area contributed by atoms with Crippen molar-refractivity contribution in [2.75, 3.05) is 0 Å². The van der Waals surface area contributed by atoms with Crippen LogP contribution in [0.15, 0.2) is 84.9 Å². The van der Waals surface area contributed by atoms with Crippen molar-refractivity contribution in [2.45, 2.75) is 25.7 Å². The fraction of sp³-hybridized carbons (Fsp3) is 0.148. The zero-order chi connectivity index (χ0) is 21.3. The van der Waals surface area contributed by atoms with Crippen LogP contribution in [0.1, 0.15) is 58.3 Å². The molecule has 3 nitrogen and oxygen atoms in total. The molecule has 0 saturated heterocycles. The van der Waals surface area contributed by atoms with E-state index in [-0.39, 0.29) is 23.1 Å². The Morgan fingerprint density at radius 1 is 0.733 bits per heavy atom. The molecule has 0 aliphatic heterocycles. The van der Waals surface area contributed by atoms with Crippen LogP contribution in [-0.4, -0.2) is 16.2 Å². The van der Waals surface area contributed by atoms with Crippen LogP contribution in [0, 0.1) is 0 Å². The van der Waals surface area contributed by atoms with E-state index in [1.807, 2.05) is 42.5 Å². The molecule has 0 aliphatic rings. The molecule has 2 N–H and O–H groups in total. The average molecular weight is 396 g/mol. The van der Waals surface area contributed by atoms with Gasteiger partial charge in [0.05, 0.1) is 0 Å². The normalized spacial score (nSPS) is 13.1. The second kappa shape index (κ2) is 8.03. The Labute approximate surface area is 176 Å². The average Bonchev–Trinajstić information content (AvgIpc) is 2.78. The Morgan fingerprint density at radius 3 is 1.87 bits per heavy atom. The van der Waals surface area contributed by atoms with E-state index in [1.165, 1.54) is 11.1 Å². The maximum absolute atomic E-state index is 11.6. The van der Waals surface area contributed by atoms with Gasteiger partial charge in [-0.05, 0) is 45.2 Å². The number of aromatic carboxylic acids is 1. The summed E-state index contributed by atoms with van der Waals surface area (Å²) in [5.41, 5.74) is 4.49. The summed E-state index contributed by atoms with van der Waals surface area (Å²) < 4.78 is 0. The van der Waals surface area contributed by atoms with Crippen LogP contribution < -0.4 is 0 Å². The van der Waals surface area contributed by atoms with E-state index >= 15 is 0 Å². The first-order valence-corrected chi connectivity index (χ1v) is 10.1. The molecule has 0 aromatic heterocycles. The minimum Gasteiger partial charge on any atom is -0.507 e. The number of carbonyl (C=O) groups is 1. The van der Waals surface area contributed by atoms with Gasteiger partial charge in [-0.15, -0.1) is 0 Å². The number of hydrogen-bond donors (Lipinski definition) is 2. The third-order valence-corrected chi connectivity index (χ3v) is 5.92. The predicted molar refractivity (Wildman–Crippen MR) is 120 cm³/mol. The molecule has 0 saturated carbocycles. The largest absolute Gasteiger partial charge is 0.507 e. The molecule has 0 heterocycles. The highest BCUT2D eigenvalue weighted by molar-refractivity contribution is 5.99. The van der Waals surface area contributed by atoms with Crippen molar-refractivity contribution in [3.05, 3.63) is 113 Å². The van der Waals surface area contributed by atoms with Crippen LogP contribution in [0.25, 0.3) is 10.8 Å². The number of rotatable bonds is 5. The van der Waals surface area contributed by atoms with E-state index in [0.29, 0.717) is 0 Å². The maximum Gasteiger partial charge on any atom is 0.339 e. The Bertz CT molecular complexity index is 1200. The fourth-order valence-corrected chi connectivity index (χ4v) is 4.09. The number of benzene rings is 4. The number of phenols is 1. The zero-order valence-electron chi connectivity index (χ0n) is 17.0. The van der Waals surface area contributed by atoms with Crippen molar-refractivity contribution in [1.29, 1.82) is 0 Å². The highest BCUT2D eigenvalue weighted by Gasteiger charge is 2.19. The molecule has 4 rings (SSSR count). The van der Waals surface area contributed by atoms with Crippen LogP contribution >= 0.6 is 0 Å². The van der Waals surface area contributed by atoms with E-state index < -0.39 is 5.97 Å². The fourth-order valence-electron chi connectivity index (χ4n) is 4.09. The lowest BCUT2D eigenvalue weighted by Crippen LogP contribution is -2.03. The van der Waals surface area contributed by atoms with Gasteiger partial charge >= 0.3 is 5.97 Å². The first-order chi connectivity index (χ1) is 14.5. The Hall–Kier alpha value is -3.59. The lowest BCUT2D eigenvalue weighted by atomic mass is 9.84. The van der Waals surface area contributed by atoms with Gasteiger partial charge in [0, 0.05) is 11.8 Å². The third kappa shape index (κ3) is 3.67. The molecule has 0 spiro atoms. The minimum atomic E-state index is -1.13. The standard InChI is InChI=1S/C27H24O3/c1-17(19-9-5-3-6-10-19)21-13-22-15-25(27(29)30)26(28)16-24(22)23(14-21)18(2)20-11-7-4-8-12-20/h3-18,28H,1-2H3,(H,29,30). The van der Waals surface area contributed by atoms with Crippen LogP contribution in [0.3, 0.4) is 0 Å². The quantitative estimate of drug-likeness (QED) is 0.402. The van der Waals surface area contributed by atoms with Gasteiger partial charge in [0.15, 0.2) is 0 Å². The minimum absolute atomic E-state index is 0.0784. The van der Waals surface area contributed by atoms with Gasteiger partial charge in [0.1, 0.15) is 11.3 Å². The van der Waals surface area contributed by atoms with Crippen molar-refractivity contribution in [2.24, 2.45) is 0 Å². The lowest BCUT2D eigenvalue weighted by molar-refractivity contribution is 0.0694. The second-order valence-electron chi connectivity index (χ2n) is 7.77. The first-order valence-electron chi connectivity index (χ1n) is 10.1. The molecular weight excluding hydrogens is 372 g/mol. The van der Waals surface area contributed by atoms with E-state index in [1.54, 1.807) is 12.1 Å². The molecule has 4 aromatic rings. The third-order valence-electron chi connectivity index (χ3n) is 5.92. The lowest BCUT2D eigenvalue weighted by Gasteiger charge is -2.21. The monoisotopic (exact) mass is 396 g/mol. The molecule has 0 radical (unpaired) electrons. The van der Waals surface area contributed by atoms with Crippen molar-refractivity contribution in [1.82, 2.24) is 0 Å². The predicted octanol–water partition coefficient (Wildman–Crippen LogP) is 6.55. The molecule has 0 amide bonds. The zero-order valence-corrected chi connectivity index (χ0v) is 17.0. The van der Waals surface area contributed by atoms with Crippen molar-refractivity contribution < 1.29 is 15.0 Å².